The second kappa shape index (κ2) is 7.29. The van der Waals surface area contributed by atoms with Crippen LogP contribution < -0.4 is 5.73 Å². The van der Waals surface area contributed by atoms with Crippen LogP contribution in [-0.4, -0.2) is 12.6 Å². The predicted octanol–water partition coefficient (Wildman–Crippen LogP) is 3.20. The standard InChI is InChI=1S/C16H23NO2/c17-15(14-8-2-1-3-9-14)10-11-16(18)19-12-13-6-4-5-7-13/h1-3,8-9,13,15H,4-7,10-12,17H2. The van der Waals surface area contributed by atoms with Gasteiger partial charge in [-0.25, -0.2) is 0 Å². The molecule has 1 aromatic rings. The van der Waals surface area contributed by atoms with Gasteiger partial charge in [-0.15, -0.1) is 0 Å². The number of carbonyl (C=O) groups is 1. The fourth-order valence-electron chi connectivity index (χ4n) is 2.60. The highest BCUT2D eigenvalue weighted by atomic mass is 16.5. The molecule has 1 aliphatic carbocycles. The van der Waals surface area contributed by atoms with E-state index in [1.807, 2.05) is 30.3 Å². The van der Waals surface area contributed by atoms with E-state index >= 15 is 0 Å². The minimum absolute atomic E-state index is 0.0831. The van der Waals surface area contributed by atoms with Gasteiger partial charge < -0.3 is 10.5 Å². The van der Waals surface area contributed by atoms with Crippen molar-refractivity contribution in [2.45, 2.75) is 44.6 Å². The van der Waals surface area contributed by atoms with Gasteiger partial charge in [0.2, 0.25) is 0 Å². The first-order valence-electron chi connectivity index (χ1n) is 7.22. The highest BCUT2D eigenvalue weighted by Gasteiger charge is 2.17. The maximum Gasteiger partial charge on any atom is 0.305 e. The average molecular weight is 261 g/mol. The maximum absolute atomic E-state index is 11.7. The van der Waals surface area contributed by atoms with E-state index in [1.54, 1.807) is 0 Å². The third-order valence-electron chi connectivity index (χ3n) is 3.84. The summed E-state index contributed by atoms with van der Waals surface area (Å²) in [4.78, 5) is 11.7. The monoisotopic (exact) mass is 261 g/mol. The fraction of sp³-hybridized carbons (Fsp3) is 0.562. The molecule has 104 valence electrons. The summed E-state index contributed by atoms with van der Waals surface area (Å²) in [5, 5.41) is 0. The summed E-state index contributed by atoms with van der Waals surface area (Å²) in [6, 6.07) is 9.80. The lowest BCUT2D eigenvalue weighted by molar-refractivity contribution is -0.145. The maximum atomic E-state index is 11.7. The van der Waals surface area contributed by atoms with E-state index in [9.17, 15) is 4.79 Å². The Balaban J connectivity index is 1.65. The van der Waals surface area contributed by atoms with Crippen LogP contribution in [0.15, 0.2) is 30.3 Å². The van der Waals surface area contributed by atoms with Gasteiger partial charge in [-0.2, -0.15) is 0 Å². The van der Waals surface area contributed by atoms with E-state index < -0.39 is 0 Å². The van der Waals surface area contributed by atoms with Gasteiger partial charge in [0.15, 0.2) is 0 Å². The van der Waals surface area contributed by atoms with Crippen LogP contribution in [-0.2, 0) is 9.53 Å². The Morgan fingerprint density at radius 2 is 1.95 bits per heavy atom. The summed E-state index contributed by atoms with van der Waals surface area (Å²) in [5.74, 6) is 0.477. The molecule has 0 aliphatic heterocycles. The summed E-state index contributed by atoms with van der Waals surface area (Å²) in [6.07, 6.45) is 6.02. The molecule has 1 aromatic carbocycles. The molecular formula is C16H23NO2. The molecular weight excluding hydrogens is 238 g/mol. The molecule has 1 atom stereocenters. The Labute approximate surface area is 115 Å². The second-order valence-corrected chi connectivity index (χ2v) is 5.39. The quantitative estimate of drug-likeness (QED) is 0.800. The minimum Gasteiger partial charge on any atom is -0.465 e. The molecule has 1 unspecified atom stereocenters. The molecule has 1 saturated carbocycles. The Morgan fingerprint density at radius 1 is 1.26 bits per heavy atom. The number of hydrogen-bond acceptors (Lipinski definition) is 3. The Bertz CT molecular complexity index is 385. The van der Waals surface area contributed by atoms with Gasteiger partial charge in [-0.05, 0) is 30.7 Å². The number of benzene rings is 1. The predicted molar refractivity (Wildman–Crippen MR) is 75.5 cm³/mol. The number of esters is 1. The van der Waals surface area contributed by atoms with Crippen molar-refractivity contribution in [2.75, 3.05) is 6.61 Å². The summed E-state index contributed by atoms with van der Waals surface area (Å²) in [6.45, 7) is 0.597. The number of nitrogens with two attached hydrogens (primary N) is 1. The van der Waals surface area contributed by atoms with Crippen molar-refractivity contribution < 1.29 is 9.53 Å². The molecule has 0 saturated heterocycles. The molecule has 3 heteroatoms. The van der Waals surface area contributed by atoms with Crippen molar-refractivity contribution in [3.63, 3.8) is 0 Å². The molecule has 1 fully saturated rings. The van der Waals surface area contributed by atoms with Crippen LogP contribution in [0.1, 0.15) is 50.1 Å². The largest absolute Gasteiger partial charge is 0.465 e. The van der Waals surface area contributed by atoms with Gasteiger partial charge >= 0.3 is 5.97 Å². The van der Waals surface area contributed by atoms with Gasteiger partial charge in [-0.3, -0.25) is 4.79 Å². The minimum atomic E-state index is -0.113. The third kappa shape index (κ3) is 4.67. The van der Waals surface area contributed by atoms with Crippen LogP contribution in [0.4, 0.5) is 0 Å². The van der Waals surface area contributed by atoms with Crippen LogP contribution in [0.5, 0.6) is 0 Å². The fourth-order valence-corrected chi connectivity index (χ4v) is 2.60. The van der Waals surface area contributed by atoms with Crippen LogP contribution in [0.25, 0.3) is 0 Å². The topological polar surface area (TPSA) is 52.3 Å². The van der Waals surface area contributed by atoms with E-state index in [2.05, 4.69) is 0 Å². The Hall–Kier alpha value is -1.35. The number of rotatable bonds is 6. The van der Waals surface area contributed by atoms with Gasteiger partial charge in [0.25, 0.3) is 0 Å². The van der Waals surface area contributed by atoms with Crippen molar-refractivity contribution in [3.8, 4) is 0 Å². The first kappa shape index (κ1) is 14.1. The van der Waals surface area contributed by atoms with Crippen LogP contribution in [0, 0.1) is 5.92 Å². The molecule has 0 aromatic heterocycles. The van der Waals surface area contributed by atoms with E-state index in [-0.39, 0.29) is 12.0 Å². The normalized spacial score (nSPS) is 17.3. The smallest absolute Gasteiger partial charge is 0.305 e. The van der Waals surface area contributed by atoms with Crippen molar-refractivity contribution in [1.82, 2.24) is 0 Å². The lowest BCUT2D eigenvalue weighted by atomic mass is 10.0. The van der Waals surface area contributed by atoms with Gasteiger partial charge in [0.1, 0.15) is 0 Å². The first-order valence-corrected chi connectivity index (χ1v) is 7.22. The molecule has 3 nitrogen and oxygen atoms in total. The third-order valence-corrected chi connectivity index (χ3v) is 3.84. The van der Waals surface area contributed by atoms with E-state index in [1.165, 1.54) is 25.7 Å². The van der Waals surface area contributed by atoms with Crippen LogP contribution >= 0.6 is 0 Å². The SMILES string of the molecule is NC(CCC(=O)OCC1CCCC1)c1ccccc1. The van der Waals surface area contributed by atoms with E-state index in [0.717, 1.165) is 5.56 Å². The van der Waals surface area contributed by atoms with Gasteiger partial charge in [0.05, 0.1) is 6.61 Å². The van der Waals surface area contributed by atoms with Crippen molar-refractivity contribution in [1.29, 1.82) is 0 Å². The van der Waals surface area contributed by atoms with E-state index in [0.29, 0.717) is 25.4 Å². The summed E-state index contributed by atoms with van der Waals surface area (Å²) >= 11 is 0. The zero-order valence-corrected chi connectivity index (χ0v) is 11.4. The molecule has 0 amide bonds. The number of ether oxygens (including phenoxy) is 1. The lowest BCUT2D eigenvalue weighted by Crippen LogP contribution is -2.15. The first-order chi connectivity index (χ1) is 9.25. The molecule has 0 spiro atoms. The average Bonchev–Trinajstić information content (AvgIpc) is 2.96. The Morgan fingerprint density at radius 3 is 2.63 bits per heavy atom. The van der Waals surface area contributed by atoms with Gasteiger partial charge in [0, 0.05) is 12.5 Å². The number of hydrogen-bond donors (Lipinski definition) is 1. The molecule has 0 radical (unpaired) electrons. The highest BCUT2D eigenvalue weighted by Crippen LogP contribution is 2.25. The molecule has 2 N–H and O–H groups in total. The zero-order valence-electron chi connectivity index (χ0n) is 11.4. The summed E-state index contributed by atoms with van der Waals surface area (Å²) in [5.41, 5.74) is 7.13. The van der Waals surface area contributed by atoms with Crippen LogP contribution in [0.3, 0.4) is 0 Å². The van der Waals surface area contributed by atoms with Crippen LogP contribution in [0.2, 0.25) is 0 Å². The number of carbonyl (C=O) groups excluding carboxylic acids is 1. The second-order valence-electron chi connectivity index (χ2n) is 5.39. The lowest BCUT2D eigenvalue weighted by Gasteiger charge is -2.13. The van der Waals surface area contributed by atoms with E-state index in [4.69, 9.17) is 10.5 Å². The Kier molecular flexibility index (Phi) is 5.40. The molecule has 0 heterocycles. The van der Waals surface area contributed by atoms with Gasteiger partial charge in [-0.1, -0.05) is 43.2 Å². The molecule has 0 bridgehead atoms. The molecule has 1 aliphatic rings. The van der Waals surface area contributed by atoms with Crippen molar-refractivity contribution >= 4 is 5.97 Å². The summed E-state index contributed by atoms with van der Waals surface area (Å²) < 4.78 is 5.32. The van der Waals surface area contributed by atoms with Crippen molar-refractivity contribution in [2.24, 2.45) is 11.7 Å². The molecule has 19 heavy (non-hydrogen) atoms. The molecule has 2 rings (SSSR count). The highest BCUT2D eigenvalue weighted by molar-refractivity contribution is 5.69. The summed E-state index contributed by atoms with van der Waals surface area (Å²) in [7, 11) is 0. The zero-order chi connectivity index (χ0) is 13.5. The van der Waals surface area contributed by atoms with Crippen molar-refractivity contribution in [3.05, 3.63) is 35.9 Å².